The van der Waals surface area contributed by atoms with Gasteiger partial charge in [-0.15, -0.1) is 0 Å². The number of piperidine rings is 1. The Morgan fingerprint density at radius 3 is 2.62 bits per heavy atom. The first-order valence-electron chi connectivity index (χ1n) is 9.17. The summed E-state index contributed by atoms with van der Waals surface area (Å²) < 4.78 is 11.7. The molecule has 0 bridgehead atoms. The van der Waals surface area contributed by atoms with Crippen LogP contribution in [0.5, 0.6) is 5.75 Å². The van der Waals surface area contributed by atoms with Gasteiger partial charge < -0.3 is 14.8 Å². The second kappa shape index (κ2) is 7.85. The summed E-state index contributed by atoms with van der Waals surface area (Å²) >= 11 is 0. The second-order valence-electron chi connectivity index (χ2n) is 6.73. The molecule has 1 fully saturated rings. The molecule has 0 atom stereocenters. The predicted molar refractivity (Wildman–Crippen MR) is 104 cm³/mol. The zero-order valence-electron chi connectivity index (χ0n) is 15.1. The summed E-state index contributed by atoms with van der Waals surface area (Å²) in [5.74, 6) is 0.954. The average Bonchev–Trinajstić information content (AvgIpc) is 2.70. The van der Waals surface area contributed by atoms with Crippen LogP contribution in [0.3, 0.4) is 0 Å². The molecule has 0 spiro atoms. The number of hydrogen-bond acceptors (Lipinski definition) is 4. The van der Waals surface area contributed by atoms with Crippen LogP contribution in [0.4, 0.5) is 0 Å². The summed E-state index contributed by atoms with van der Waals surface area (Å²) in [5.41, 5.74) is 3.47. The number of hydrogen-bond donors (Lipinski definition) is 1. The lowest BCUT2D eigenvalue weighted by atomic mass is 9.97. The highest BCUT2D eigenvalue weighted by Gasteiger charge is 2.18. The van der Waals surface area contributed by atoms with E-state index in [1.807, 2.05) is 12.4 Å². The van der Waals surface area contributed by atoms with Gasteiger partial charge in [-0.2, -0.15) is 0 Å². The van der Waals surface area contributed by atoms with Gasteiger partial charge in [-0.25, -0.2) is 0 Å². The zero-order valence-corrected chi connectivity index (χ0v) is 15.1. The third-order valence-electron chi connectivity index (χ3n) is 4.92. The zero-order chi connectivity index (χ0) is 17.8. The Bertz CT molecular complexity index is 871. The smallest absolute Gasteiger partial charge is 0.128 e. The van der Waals surface area contributed by atoms with Crippen LogP contribution in [-0.2, 0) is 11.3 Å². The van der Waals surface area contributed by atoms with Crippen molar-refractivity contribution in [3.63, 3.8) is 0 Å². The molecule has 4 heteroatoms. The van der Waals surface area contributed by atoms with E-state index in [2.05, 4.69) is 52.8 Å². The van der Waals surface area contributed by atoms with E-state index in [-0.39, 0.29) is 6.10 Å². The van der Waals surface area contributed by atoms with Crippen LogP contribution in [0.15, 0.2) is 54.9 Å². The first-order valence-corrected chi connectivity index (χ1v) is 9.17. The van der Waals surface area contributed by atoms with Crippen LogP contribution in [0.1, 0.15) is 18.4 Å². The van der Waals surface area contributed by atoms with Crippen LogP contribution in [-0.4, -0.2) is 31.3 Å². The molecule has 1 aromatic heterocycles. The normalized spacial score (nSPS) is 15.3. The van der Waals surface area contributed by atoms with Gasteiger partial charge in [0.1, 0.15) is 11.9 Å². The van der Waals surface area contributed by atoms with Crippen molar-refractivity contribution in [3.05, 3.63) is 60.4 Å². The van der Waals surface area contributed by atoms with Crippen LogP contribution in [0.25, 0.3) is 21.9 Å². The maximum absolute atomic E-state index is 6.44. The Balaban J connectivity index is 1.77. The van der Waals surface area contributed by atoms with E-state index in [1.165, 1.54) is 10.9 Å². The van der Waals surface area contributed by atoms with Gasteiger partial charge in [0.2, 0.25) is 0 Å². The maximum Gasteiger partial charge on any atom is 0.128 e. The molecule has 0 radical (unpaired) electrons. The molecule has 2 heterocycles. The molecule has 0 amide bonds. The minimum atomic E-state index is 0.266. The molecule has 3 aromatic rings. The lowest BCUT2D eigenvalue weighted by molar-refractivity contribution is 0.163. The lowest BCUT2D eigenvalue weighted by Gasteiger charge is -2.25. The van der Waals surface area contributed by atoms with Crippen LogP contribution in [0, 0.1) is 0 Å². The minimum absolute atomic E-state index is 0.266. The molecule has 4 rings (SSSR count). The summed E-state index contributed by atoms with van der Waals surface area (Å²) in [7, 11) is 1.72. The maximum atomic E-state index is 6.44. The number of ether oxygens (including phenoxy) is 2. The van der Waals surface area contributed by atoms with E-state index in [0.29, 0.717) is 6.61 Å². The topological polar surface area (TPSA) is 43.4 Å². The van der Waals surface area contributed by atoms with E-state index in [1.54, 1.807) is 7.11 Å². The SMILES string of the molecule is COCc1ccc(-c2c(OC3CCNCC3)ccc3cnccc23)cc1. The molecule has 0 unspecified atom stereocenters. The Morgan fingerprint density at radius 2 is 1.85 bits per heavy atom. The fourth-order valence-electron chi connectivity index (χ4n) is 3.57. The van der Waals surface area contributed by atoms with Gasteiger partial charge in [0.25, 0.3) is 0 Å². The van der Waals surface area contributed by atoms with Gasteiger partial charge >= 0.3 is 0 Å². The van der Waals surface area contributed by atoms with Crippen LogP contribution >= 0.6 is 0 Å². The summed E-state index contributed by atoms with van der Waals surface area (Å²) in [6.45, 7) is 2.66. The van der Waals surface area contributed by atoms with E-state index >= 15 is 0 Å². The molecule has 1 saturated heterocycles. The van der Waals surface area contributed by atoms with Gasteiger partial charge in [0.15, 0.2) is 0 Å². The molecular formula is C22H24N2O2. The number of fused-ring (bicyclic) bond motifs is 1. The molecule has 2 aromatic carbocycles. The van der Waals surface area contributed by atoms with Crippen molar-refractivity contribution >= 4 is 10.8 Å². The third kappa shape index (κ3) is 3.57. The Kier molecular flexibility index (Phi) is 5.14. The Morgan fingerprint density at radius 1 is 1.04 bits per heavy atom. The Hall–Kier alpha value is -2.43. The number of methoxy groups -OCH3 is 1. The second-order valence-corrected chi connectivity index (χ2v) is 6.73. The van der Waals surface area contributed by atoms with E-state index in [4.69, 9.17) is 9.47 Å². The highest BCUT2D eigenvalue weighted by atomic mass is 16.5. The van der Waals surface area contributed by atoms with Gasteiger partial charge in [0.05, 0.1) is 6.61 Å². The lowest BCUT2D eigenvalue weighted by Crippen LogP contribution is -2.34. The third-order valence-corrected chi connectivity index (χ3v) is 4.92. The number of nitrogens with one attached hydrogen (secondary N) is 1. The van der Waals surface area contributed by atoms with E-state index < -0.39 is 0 Å². The number of pyridine rings is 1. The van der Waals surface area contributed by atoms with Crippen LogP contribution in [0.2, 0.25) is 0 Å². The average molecular weight is 348 g/mol. The van der Waals surface area contributed by atoms with Crippen LogP contribution < -0.4 is 10.1 Å². The molecule has 0 aliphatic carbocycles. The van der Waals surface area contributed by atoms with Crippen molar-refractivity contribution in [1.29, 1.82) is 0 Å². The fourth-order valence-corrected chi connectivity index (χ4v) is 3.57. The summed E-state index contributed by atoms with van der Waals surface area (Å²) in [5, 5.41) is 5.69. The molecule has 1 aliphatic rings. The molecule has 26 heavy (non-hydrogen) atoms. The van der Waals surface area contributed by atoms with Crippen molar-refractivity contribution in [2.75, 3.05) is 20.2 Å². The van der Waals surface area contributed by atoms with Gasteiger partial charge in [-0.05, 0) is 60.6 Å². The summed E-state index contributed by atoms with van der Waals surface area (Å²) in [6.07, 6.45) is 6.11. The quantitative estimate of drug-likeness (QED) is 0.751. The highest BCUT2D eigenvalue weighted by molar-refractivity contribution is 5.99. The highest BCUT2D eigenvalue weighted by Crippen LogP contribution is 2.38. The number of rotatable bonds is 5. The van der Waals surface area contributed by atoms with E-state index in [9.17, 15) is 0 Å². The first kappa shape index (κ1) is 17.0. The van der Waals surface area contributed by atoms with Gasteiger partial charge in [0, 0.05) is 30.5 Å². The summed E-state index contributed by atoms with van der Waals surface area (Å²) in [4.78, 5) is 4.27. The minimum Gasteiger partial charge on any atom is -0.490 e. The molecule has 134 valence electrons. The largest absolute Gasteiger partial charge is 0.490 e. The summed E-state index contributed by atoms with van der Waals surface area (Å²) in [6, 6.07) is 14.8. The van der Waals surface area contributed by atoms with E-state index in [0.717, 1.165) is 48.2 Å². The van der Waals surface area contributed by atoms with Gasteiger partial charge in [-0.3, -0.25) is 4.98 Å². The first-order chi connectivity index (χ1) is 12.8. The van der Waals surface area contributed by atoms with Crippen molar-refractivity contribution in [2.24, 2.45) is 0 Å². The molecular weight excluding hydrogens is 324 g/mol. The number of nitrogens with zero attached hydrogens (tertiary/aromatic N) is 1. The van der Waals surface area contributed by atoms with Gasteiger partial charge in [-0.1, -0.05) is 24.3 Å². The molecule has 1 aliphatic heterocycles. The van der Waals surface area contributed by atoms with Crippen molar-refractivity contribution in [1.82, 2.24) is 10.3 Å². The fraction of sp³-hybridized carbons (Fsp3) is 0.318. The monoisotopic (exact) mass is 348 g/mol. The number of aromatic nitrogens is 1. The molecule has 4 nitrogen and oxygen atoms in total. The van der Waals surface area contributed by atoms with Crippen molar-refractivity contribution in [3.8, 4) is 16.9 Å². The predicted octanol–water partition coefficient (Wildman–Crippen LogP) is 4.18. The number of benzene rings is 2. The standard InChI is InChI=1S/C22H24N2O2/c1-25-15-16-2-4-17(5-3-16)22-20-10-13-24-14-18(20)6-7-21(22)26-19-8-11-23-12-9-19/h2-7,10,13-14,19,23H,8-9,11-12,15H2,1H3. The molecule has 1 N–H and O–H groups in total. The Labute approximate surface area is 154 Å². The van der Waals surface area contributed by atoms with Crippen molar-refractivity contribution in [2.45, 2.75) is 25.6 Å². The van der Waals surface area contributed by atoms with Crippen molar-refractivity contribution < 1.29 is 9.47 Å². The molecule has 0 saturated carbocycles.